The molecule has 0 bridgehead atoms. The van der Waals surface area contributed by atoms with Gasteiger partial charge >= 0.3 is 0 Å². The molecule has 1 aromatic carbocycles. The minimum absolute atomic E-state index is 0.323. The molecular weight excluding hydrogens is 356 g/mol. The van der Waals surface area contributed by atoms with E-state index in [1.54, 1.807) is 14.2 Å². The van der Waals surface area contributed by atoms with E-state index in [1.165, 1.54) is 18.4 Å². The molecule has 1 heterocycles. The van der Waals surface area contributed by atoms with E-state index in [1.807, 2.05) is 19.2 Å². The van der Waals surface area contributed by atoms with Crippen molar-refractivity contribution in [3.63, 3.8) is 0 Å². The van der Waals surface area contributed by atoms with Crippen molar-refractivity contribution in [2.75, 3.05) is 67.3 Å². The summed E-state index contributed by atoms with van der Waals surface area (Å²) in [7, 11) is 5.19. The normalized spacial score (nSPS) is 16.2. The van der Waals surface area contributed by atoms with Crippen molar-refractivity contribution in [2.45, 2.75) is 25.3 Å². The first-order valence-electron chi connectivity index (χ1n) is 10.2. The summed E-state index contributed by atoms with van der Waals surface area (Å²) in [6.07, 6.45) is 3.46. The molecule has 0 aromatic heterocycles. The zero-order chi connectivity index (χ0) is 20.0. The molecule has 1 unspecified atom stereocenters. The van der Waals surface area contributed by atoms with E-state index in [0.29, 0.717) is 19.3 Å². The van der Waals surface area contributed by atoms with E-state index in [4.69, 9.17) is 14.2 Å². The lowest BCUT2D eigenvalue weighted by atomic mass is 10.1. The Morgan fingerprint density at radius 1 is 1.07 bits per heavy atom. The van der Waals surface area contributed by atoms with Crippen molar-refractivity contribution in [1.82, 2.24) is 15.5 Å². The molecule has 7 heteroatoms. The monoisotopic (exact) mass is 392 g/mol. The van der Waals surface area contributed by atoms with E-state index in [9.17, 15) is 0 Å². The third-order valence-corrected chi connectivity index (χ3v) is 4.96. The Bertz CT molecular complexity index is 559. The molecule has 2 rings (SSSR count). The average molecular weight is 393 g/mol. The van der Waals surface area contributed by atoms with Crippen LogP contribution in [0.4, 0.5) is 0 Å². The lowest BCUT2D eigenvalue weighted by Gasteiger charge is -2.29. The van der Waals surface area contributed by atoms with Crippen LogP contribution in [-0.2, 0) is 9.47 Å². The molecule has 7 nitrogen and oxygen atoms in total. The number of nitrogens with zero attached hydrogens (tertiary/aromatic N) is 2. The van der Waals surface area contributed by atoms with Gasteiger partial charge in [0.2, 0.25) is 0 Å². The topological polar surface area (TPSA) is 67.4 Å². The Morgan fingerprint density at radius 3 is 2.46 bits per heavy atom. The molecule has 0 amide bonds. The zero-order valence-electron chi connectivity index (χ0n) is 17.6. The molecule has 0 aliphatic carbocycles. The van der Waals surface area contributed by atoms with Crippen molar-refractivity contribution in [1.29, 1.82) is 0 Å². The summed E-state index contributed by atoms with van der Waals surface area (Å²) in [5, 5.41) is 6.85. The standard InChI is InChI=1S/C21H36N4O3/c1-22-21(23-11-6-14-28-16-15-26-2)24-17-20(25-12-4-5-13-25)18-7-9-19(27-3)10-8-18/h7-10,20H,4-6,11-17H2,1-3H3,(H2,22,23,24). The number of nitrogens with one attached hydrogen (secondary N) is 2. The van der Waals surface area contributed by atoms with Gasteiger partial charge in [-0.25, -0.2) is 0 Å². The van der Waals surface area contributed by atoms with Gasteiger partial charge in [-0.05, 0) is 50.0 Å². The first kappa shape index (κ1) is 22.5. The highest BCUT2D eigenvalue weighted by Crippen LogP contribution is 2.26. The van der Waals surface area contributed by atoms with Crippen molar-refractivity contribution < 1.29 is 14.2 Å². The molecule has 158 valence electrons. The van der Waals surface area contributed by atoms with Crippen LogP contribution in [0.5, 0.6) is 5.75 Å². The van der Waals surface area contributed by atoms with Crippen LogP contribution >= 0.6 is 0 Å². The number of aliphatic imine (C=N–C) groups is 1. The van der Waals surface area contributed by atoms with E-state index in [0.717, 1.165) is 50.9 Å². The lowest BCUT2D eigenvalue weighted by Crippen LogP contribution is -2.43. The minimum atomic E-state index is 0.323. The summed E-state index contributed by atoms with van der Waals surface area (Å²) in [6, 6.07) is 8.72. The fourth-order valence-electron chi connectivity index (χ4n) is 3.38. The lowest BCUT2D eigenvalue weighted by molar-refractivity contribution is 0.0698. The van der Waals surface area contributed by atoms with Gasteiger partial charge in [-0.2, -0.15) is 0 Å². The maximum absolute atomic E-state index is 5.49. The molecule has 1 aromatic rings. The van der Waals surface area contributed by atoms with Gasteiger partial charge in [-0.3, -0.25) is 9.89 Å². The molecular formula is C21H36N4O3. The Labute approximate surface area is 169 Å². The SMILES string of the molecule is CN=C(NCCCOCCOC)NCC(c1ccc(OC)cc1)N1CCCC1. The summed E-state index contributed by atoms with van der Waals surface area (Å²) in [5.74, 6) is 1.72. The number of hydrogen-bond acceptors (Lipinski definition) is 5. The minimum Gasteiger partial charge on any atom is -0.497 e. The summed E-state index contributed by atoms with van der Waals surface area (Å²) in [5.41, 5.74) is 1.30. The van der Waals surface area contributed by atoms with Gasteiger partial charge in [0.25, 0.3) is 0 Å². The van der Waals surface area contributed by atoms with E-state index in [2.05, 4.69) is 32.7 Å². The van der Waals surface area contributed by atoms with Crippen molar-refractivity contribution in [3.05, 3.63) is 29.8 Å². The highest BCUT2D eigenvalue weighted by Gasteiger charge is 2.23. The second-order valence-corrected chi connectivity index (χ2v) is 6.87. The second kappa shape index (κ2) is 13.4. The van der Waals surface area contributed by atoms with Gasteiger partial charge in [0.1, 0.15) is 5.75 Å². The molecule has 1 saturated heterocycles. The number of likely N-dealkylation sites (tertiary alicyclic amines) is 1. The summed E-state index contributed by atoms with van der Waals surface area (Å²) < 4.78 is 15.8. The van der Waals surface area contributed by atoms with Crippen molar-refractivity contribution in [3.8, 4) is 5.75 Å². The maximum Gasteiger partial charge on any atom is 0.191 e. The second-order valence-electron chi connectivity index (χ2n) is 6.87. The Balaban J connectivity index is 1.81. The number of rotatable bonds is 12. The van der Waals surface area contributed by atoms with Crippen molar-refractivity contribution >= 4 is 5.96 Å². The van der Waals surface area contributed by atoms with Gasteiger partial charge in [-0.1, -0.05) is 12.1 Å². The Hall–Kier alpha value is -1.83. The number of ether oxygens (including phenoxy) is 3. The van der Waals surface area contributed by atoms with Gasteiger partial charge in [-0.15, -0.1) is 0 Å². The third-order valence-electron chi connectivity index (χ3n) is 4.96. The van der Waals surface area contributed by atoms with Gasteiger partial charge in [0.05, 0.1) is 26.4 Å². The smallest absolute Gasteiger partial charge is 0.191 e. The van der Waals surface area contributed by atoms with Crippen LogP contribution in [0.15, 0.2) is 29.3 Å². The molecule has 2 N–H and O–H groups in total. The number of hydrogen-bond donors (Lipinski definition) is 2. The molecule has 0 radical (unpaired) electrons. The predicted octanol–water partition coefficient (Wildman–Crippen LogP) is 2.05. The fraction of sp³-hybridized carbons (Fsp3) is 0.667. The fourth-order valence-corrected chi connectivity index (χ4v) is 3.38. The van der Waals surface area contributed by atoms with Crippen LogP contribution in [0.3, 0.4) is 0 Å². The highest BCUT2D eigenvalue weighted by molar-refractivity contribution is 5.79. The van der Waals surface area contributed by atoms with Gasteiger partial charge in [0, 0.05) is 33.9 Å². The van der Waals surface area contributed by atoms with Gasteiger partial charge in [0.15, 0.2) is 5.96 Å². The van der Waals surface area contributed by atoms with Crippen LogP contribution in [0, 0.1) is 0 Å². The molecule has 1 aliphatic rings. The summed E-state index contributed by atoms with van der Waals surface area (Å²) in [6.45, 7) is 5.92. The molecule has 0 spiro atoms. The van der Waals surface area contributed by atoms with Crippen molar-refractivity contribution in [2.24, 2.45) is 4.99 Å². The zero-order valence-corrected chi connectivity index (χ0v) is 17.6. The van der Waals surface area contributed by atoms with Gasteiger partial charge < -0.3 is 24.8 Å². The molecule has 28 heavy (non-hydrogen) atoms. The third kappa shape index (κ3) is 7.66. The number of methoxy groups -OCH3 is 2. The first-order chi connectivity index (χ1) is 13.8. The predicted molar refractivity (Wildman–Crippen MR) is 113 cm³/mol. The molecule has 1 atom stereocenters. The molecule has 0 saturated carbocycles. The molecule has 1 fully saturated rings. The van der Waals surface area contributed by atoms with Crippen LogP contribution < -0.4 is 15.4 Å². The maximum atomic E-state index is 5.49. The number of benzene rings is 1. The highest BCUT2D eigenvalue weighted by atomic mass is 16.5. The summed E-state index contributed by atoms with van der Waals surface area (Å²) >= 11 is 0. The quantitative estimate of drug-likeness (QED) is 0.322. The number of guanidine groups is 1. The largest absolute Gasteiger partial charge is 0.497 e. The average Bonchev–Trinajstić information content (AvgIpc) is 3.26. The van der Waals surface area contributed by atoms with E-state index < -0.39 is 0 Å². The van der Waals surface area contributed by atoms with Crippen LogP contribution in [0.1, 0.15) is 30.9 Å². The molecule has 1 aliphatic heterocycles. The Morgan fingerprint density at radius 2 is 1.82 bits per heavy atom. The Kier molecular flexibility index (Phi) is 10.7. The van der Waals surface area contributed by atoms with Crippen LogP contribution in [-0.4, -0.2) is 78.1 Å². The van der Waals surface area contributed by atoms with E-state index in [-0.39, 0.29) is 0 Å². The van der Waals surface area contributed by atoms with E-state index >= 15 is 0 Å². The summed E-state index contributed by atoms with van der Waals surface area (Å²) in [4.78, 5) is 6.90. The van der Waals surface area contributed by atoms with Crippen LogP contribution in [0.2, 0.25) is 0 Å². The first-order valence-corrected chi connectivity index (χ1v) is 10.2. The van der Waals surface area contributed by atoms with Crippen LogP contribution in [0.25, 0.3) is 0 Å².